The van der Waals surface area contributed by atoms with Gasteiger partial charge >= 0.3 is 0 Å². The molecule has 2 unspecified atom stereocenters. The molecule has 2 atom stereocenters. The van der Waals surface area contributed by atoms with Crippen LogP contribution in [-0.2, 0) is 0 Å². The van der Waals surface area contributed by atoms with Crippen LogP contribution in [0.15, 0.2) is 10.6 Å². The fraction of sp³-hybridized carbons (Fsp3) is 0.615. The van der Waals surface area contributed by atoms with Crippen molar-refractivity contribution in [3.05, 3.63) is 17.5 Å². The van der Waals surface area contributed by atoms with Crippen molar-refractivity contribution in [2.45, 2.75) is 32.9 Å². The molecule has 1 aliphatic heterocycles. The highest BCUT2D eigenvalue weighted by atomic mass is 16.5. The summed E-state index contributed by atoms with van der Waals surface area (Å²) in [7, 11) is 0. The summed E-state index contributed by atoms with van der Waals surface area (Å²) in [5, 5.41) is 15.2. The number of aromatic nitrogens is 1. The molecule has 2 heterocycles. The van der Waals surface area contributed by atoms with E-state index in [1.807, 2.05) is 6.07 Å². The van der Waals surface area contributed by atoms with Crippen molar-refractivity contribution in [2.24, 2.45) is 5.92 Å². The number of carbonyl (C=O) groups excluding carboxylic acids is 1. The highest BCUT2D eigenvalue weighted by molar-refractivity contribution is 5.92. The molecule has 0 radical (unpaired) electrons. The molecule has 102 valence electrons. The van der Waals surface area contributed by atoms with Crippen molar-refractivity contribution < 1.29 is 9.32 Å². The van der Waals surface area contributed by atoms with Gasteiger partial charge in [-0.05, 0) is 19.8 Å². The number of carbonyl (C=O) groups is 1. The first-order valence-electron chi connectivity index (χ1n) is 6.43. The van der Waals surface area contributed by atoms with Gasteiger partial charge in [0.25, 0.3) is 5.91 Å². The summed E-state index contributed by atoms with van der Waals surface area (Å²) >= 11 is 0. The van der Waals surface area contributed by atoms with E-state index in [0.717, 1.165) is 13.1 Å². The monoisotopic (exact) mass is 262 g/mol. The quantitative estimate of drug-likeness (QED) is 0.879. The predicted octanol–water partition coefficient (Wildman–Crippen LogP) is 1.00. The van der Waals surface area contributed by atoms with Gasteiger partial charge in [0.05, 0.1) is 0 Å². The van der Waals surface area contributed by atoms with Crippen molar-refractivity contribution in [1.82, 2.24) is 15.4 Å². The van der Waals surface area contributed by atoms with Gasteiger partial charge in [-0.25, -0.2) is 0 Å². The molecule has 0 saturated carbocycles. The first-order valence-corrected chi connectivity index (χ1v) is 6.43. The van der Waals surface area contributed by atoms with Crippen LogP contribution in [0.25, 0.3) is 0 Å². The van der Waals surface area contributed by atoms with Crippen molar-refractivity contribution in [3.8, 4) is 6.07 Å². The maximum atomic E-state index is 12.0. The fourth-order valence-corrected chi connectivity index (χ4v) is 2.29. The van der Waals surface area contributed by atoms with Crippen LogP contribution < -0.4 is 5.32 Å². The lowest BCUT2D eigenvalue weighted by Gasteiger charge is -2.20. The Balaban J connectivity index is 1.98. The molecule has 1 N–H and O–H groups in total. The van der Waals surface area contributed by atoms with Crippen LogP contribution in [0.2, 0.25) is 0 Å². The van der Waals surface area contributed by atoms with Crippen molar-refractivity contribution in [2.75, 3.05) is 13.1 Å². The second-order valence-corrected chi connectivity index (χ2v) is 5.29. The predicted molar refractivity (Wildman–Crippen MR) is 68.3 cm³/mol. The third-order valence-electron chi connectivity index (χ3n) is 3.54. The van der Waals surface area contributed by atoms with E-state index in [1.54, 1.807) is 0 Å². The Morgan fingerprint density at radius 1 is 1.63 bits per heavy atom. The molecule has 6 heteroatoms. The summed E-state index contributed by atoms with van der Waals surface area (Å²) < 4.78 is 4.70. The third kappa shape index (κ3) is 2.93. The molecule has 6 nitrogen and oxygen atoms in total. The molecule has 1 fully saturated rings. The van der Waals surface area contributed by atoms with Gasteiger partial charge in [0.15, 0.2) is 5.69 Å². The normalized spacial score (nSPS) is 23.5. The molecule has 1 aromatic rings. The second-order valence-electron chi connectivity index (χ2n) is 5.29. The van der Waals surface area contributed by atoms with Gasteiger partial charge in [-0.1, -0.05) is 12.1 Å². The van der Waals surface area contributed by atoms with E-state index >= 15 is 0 Å². The summed E-state index contributed by atoms with van der Waals surface area (Å²) in [5.74, 6) is 0.162. The van der Waals surface area contributed by atoms with Gasteiger partial charge in [-0.15, -0.1) is 0 Å². The largest absolute Gasteiger partial charge is 0.346 e. The van der Waals surface area contributed by atoms with Crippen LogP contribution in [0.5, 0.6) is 0 Å². The summed E-state index contributed by atoms with van der Waals surface area (Å²) in [6, 6.07) is 3.75. The molecular formula is C13H18N4O2. The molecule has 0 aliphatic carbocycles. The van der Waals surface area contributed by atoms with E-state index < -0.39 is 0 Å². The average Bonchev–Trinajstić information content (AvgIpc) is 2.97. The standard InChI is InChI=1S/C13H18N4O2/c1-8(2)17-6-9(3)12(7-17)15-13(18)11-4-10(5-14)19-16-11/h4,8-9,12H,6-7H2,1-3H3,(H,15,18). The van der Waals surface area contributed by atoms with Crippen LogP contribution in [-0.4, -0.2) is 41.1 Å². The molecule has 1 amide bonds. The minimum Gasteiger partial charge on any atom is -0.346 e. The Kier molecular flexibility index (Phi) is 3.86. The van der Waals surface area contributed by atoms with Crippen molar-refractivity contribution >= 4 is 5.91 Å². The fourth-order valence-electron chi connectivity index (χ4n) is 2.29. The lowest BCUT2D eigenvalue weighted by molar-refractivity contribution is 0.0921. The highest BCUT2D eigenvalue weighted by Gasteiger charge is 2.32. The second kappa shape index (κ2) is 5.41. The summed E-state index contributed by atoms with van der Waals surface area (Å²) in [4.78, 5) is 14.3. The van der Waals surface area contributed by atoms with Crippen LogP contribution in [0.1, 0.15) is 37.0 Å². The molecule has 19 heavy (non-hydrogen) atoms. The van der Waals surface area contributed by atoms with Crippen LogP contribution in [0.4, 0.5) is 0 Å². The molecule has 0 spiro atoms. The zero-order valence-electron chi connectivity index (χ0n) is 11.4. The van der Waals surface area contributed by atoms with E-state index in [9.17, 15) is 4.79 Å². The molecule has 2 rings (SSSR count). The molecule has 1 saturated heterocycles. The maximum absolute atomic E-state index is 12.0. The van der Waals surface area contributed by atoms with Gasteiger partial charge in [0.2, 0.25) is 5.76 Å². The molecule has 1 aliphatic rings. The number of nitrogens with zero attached hydrogens (tertiary/aromatic N) is 3. The van der Waals surface area contributed by atoms with E-state index in [-0.39, 0.29) is 23.4 Å². The molecule has 0 bridgehead atoms. The number of rotatable bonds is 3. The summed E-state index contributed by atoms with van der Waals surface area (Å²) in [6.45, 7) is 8.23. The Hall–Kier alpha value is -1.87. The number of likely N-dealkylation sites (tertiary alicyclic amines) is 1. The van der Waals surface area contributed by atoms with Crippen LogP contribution in [0.3, 0.4) is 0 Å². The van der Waals surface area contributed by atoms with Gasteiger partial charge in [-0.2, -0.15) is 5.26 Å². The first-order chi connectivity index (χ1) is 9.01. The Labute approximate surface area is 112 Å². The number of hydrogen-bond acceptors (Lipinski definition) is 5. The Morgan fingerprint density at radius 2 is 2.37 bits per heavy atom. The molecular weight excluding hydrogens is 244 g/mol. The number of nitriles is 1. The SMILES string of the molecule is CC1CN(C(C)C)CC1NC(=O)c1cc(C#N)on1. The van der Waals surface area contributed by atoms with E-state index in [1.165, 1.54) is 6.07 Å². The van der Waals surface area contributed by atoms with Crippen LogP contribution in [0, 0.1) is 17.2 Å². The molecule has 1 aromatic heterocycles. The summed E-state index contributed by atoms with van der Waals surface area (Å²) in [6.07, 6.45) is 0. The lowest BCUT2D eigenvalue weighted by atomic mass is 10.1. The van der Waals surface area contributed by atoms with Gasteiger partial charge < -0.3 is 9.84 Å². The number of amides is 1. The van der Waals surface area contributed by atoms with Gasteiger partial charge in [0.1, 0.15) is 6.07 Å². The Morgan fingerprint density at radius 3 is 2.89 bits per heavy atom. The molecule has 0 aromatic carbocycles. The van der Waals surface area contributed by atoms with Gasteiger partial charge in [0, 0.05) is 31.2 Å². The highest BCUT2D eigenvalue weighted by Crippen LogP contribution is 2.19. The number of nitrogens with one attached hydrogen (secondary N) is 1. The summed E-state index contributed by atoms with van der Waals surface area (Å²) in [5.41, 5.74) is 0.159. The maximum Gasteiger partial charge on any atom is 0.273 e. The lowest BCUT2D eigenvalue weighted by Crippen LogP contribution is -2.40. The zero-order valence-corrected chi connectivity index (χ0v) is 11.4. The van der Waals surface area contributed by atoms with E-state index in [4.69, 9.17) is 9.78 Å². The topological polar surface area (TPSA) is 82.2 Å². The minimum absolute atomic E-state index is 0.0495. The van der Waals surface area contributed by atoms with E-state index in [2.05, 4.69) is 36.1 Å². The van der Waals surface area contributed by atoms with Crippen LogP contribution >= 0.6 is 0 Å². The smallest absolute Gasteiger partial charge is 0.273 e. The third-order valence-corrected chi connectivity index (χ3v) is 3.54. The van der Waals surface area contributed by atoms with E-state index in [0.29, 0.717) is 12.0 Å². The zero-order chi connectivity index (χ0) is 14.0. The Bertz CT molecular complexity index is 503. The van der Waals surface area contributed by atoms with Crippen molar-refractivity contribution in [3.63, 3.8) is 0 Å². The average molecular weight is 262 g/mol. The first kappa shape index (κ1) is 13.6. The minimum atomic E-state index is -0.285. The van der Waals surface area contributed by atoms with Gasteiger partial charge in [-0.3, -0.25) is 9.69 Å². The number of hydrogen-bond donors (Lipinski definition) is 1. The van der Waals surface area contributed by atoms with Crippen molar-refractivity contribution in [1.29, 1.82) is 5.26 Å².